The summed E-state index contributed by atoms with van der Waals surface area (Å²) in [5.74, 6) is 0. The van der Waals surface area contributed by atoms with Gasteiger partial charge in [0.25, 0.3) is 0 Å². The van der Waals surface area contributed by atoms with Gasteiger partial charge < -0.3 is 37.6 Å². The molecular formula is C24H42B2O8S. The van der Waals surface area contributed by atoms with Gasteiger partial charge in [-0.25, -0.2) is 0 Å². The highest BCUT2D eigenvalue weighted by Gasteiger charge is 2.56. The van der Waals surface area contributed by atoms with Crippen LogP contribution >= 0.6 is 11.3 Å². The van der Waals surface area contributed by atoms with Gasteiger partial charge in [0.1, 0.15) is 0 Å². The molecular weight excluding hydrogens is 470 g/mol. The average Bonchev–Trinajstić information content (AvgIpc) is 3.28. The normalized spacial score (nSPS) is 22.3. The van der Waals surface area contributed by atoms with Crippen molar-refractivity contribution in [3.8, 4) is 0 Å². The Kier molecular flexibility index (Phi) is 9.21. The molecule has 0 amide bonds. The molecule has 0 spiro atoms. The Labute approximate surface area is 215 Å². The van der Waals surface area contributed by atoms with Gasteiger partial charge in [0.05, 0.1) is 62.0 Å². The summed E-state index contributed by atoms with van der Waals surface area (Å²) in [4.78, 5) is 0. The minimum absolute atomic E-state index is 0.377. The Morgan fingerprint density at radius 2 is 0.886 bits per heavy atom. The van der Waals surface area contributed by atoms with Crippen LogP contribution in [0.15, 0.2) is 0 Å². The first kappa shape index (κ1) is 29.1. The van der Waals surface area contributed by atoms with Crippen LogP contribution in [-0.2, 0) is 50.8 Å². The number of rotatable bonds is 12. The van der Waals surface area contributed by atoms with E-state index in [1.807, 2.05) is 0 Å². The highest BCUT2D eigenvalue weighted by molar-refractivity contribution is 7.30. The second-order valence-corrected chi connectivity index (χ2v) is 12.1. The van der Waals surface area contributed by atoms with E-state index in [-0.39, 0.29) is 0 Å². The highest BCUT2D eigenvalue weighted by Crippen LogP contribution is 2.39. The Hall–Kier alpha value is -0.490. The van der Waals surface area contributed by atoms with Crippen molar-refractivity contribution in [1.29, 1.82) is 0 Å². The average molecular weight is 512 g/mol. The molecule has 0 unspecified atom stereocenters. The van der Waals surface area contributed by atoms with Gasteiger partial charge in [0, 0.05) is 23.8 Å². The van der Waals surface area contributed by atoms with Crippen LogP contribution in [0, 0.1) is 0 Å². The Morgan fingerprint density at radius 3 is 1.17 bits per heavy atom. The summed E-state index contributed by atoms with van der Waals surface area (Å²) in [5.41, 5.74) is 0.133. The molecule has 0 saturated carbocycles. The van der Waals surface area contributed by atoms with Crippen LogP contribution in [-0.4, -0.2) is 77.3 Å². The third-order valence-corrected chi connectivity index (χ3v) is 8.79. The molecule has 0 bridgehead atoms. The first-order valence-electron chi connectivity index (χ1n) is 12.3. The van der Waals surface area contributed by atoms with Crippen molar-refractivity contribution in [2.75, 3.05) is 40.6 Å². The first-order chi connectivity index (χ1) is 16.3. The van der Waals surface area contributed by atoms with Gasteiger partial charge in [0.2, 0.25) is 0 Å². The lowest BCUT2D eigenvalue weighted by Gasteiger charge is -2.32. The topological polar surface area (TPSA) is 73.8 Å². The number of thiophene rings is 1. The van der Waals surface area contributed by atoms with Gasteiger partial charge in [-0.1, -0.05) is 0 Å². The van der Waals surface area contributed by atoms with Crippen molar-refractivity contribution in [2.24, 2.45) is 0 Å². The molecule has 0 aromatic carbocycles. The molecule has 0 radical (unpaired) electrons. The summed E-state index contributed by atoms with van der Waals surface area (Å²) in [5, 5.41) is 0. The monoisotopic (exact) mass is 512 g/mol. The molecule has 2 aliphatic rings. The lowest BCUT2D eigenvalue weighted by molar-refractivity contribution is 0.00578. The molecule has 8 nitrogen and oxygen atoms in total. The van der Waals surface area contributed by atoms with Gasteiger partial charge in [0.15, 0.2) is 0 Å². The zero-order chi connectivity index (χ0) is 26.1. The van der Waals surface area contributed by atoms with Crippen LogP contribution in [0.1, 0.15) is 66.5 Å². The van der Waals surface area contributed by atoms with Crippen molar-refractivity contribution >= 4 is 35.1 Å². The summed E-state index contributed by atoms with van der Waals surface area (Å²) in [6.45, 7) is 19.2. The lowest BCUT2D eigenvalue weighted by atomic mass is 9.79. The molecule has 198 valence electrons. The molecule has 2 aliphatic heterocycles. The summed E-state index contributed by atoms with van der Waals surface area (Å²) < 4.78 is 50.0. The minimum atomic E-state index is -0.528. The molecule has 3 heterocycles. The molecule has 0 atom stereocenters. The fourth-order valence-electron chi connectivity index (χ4n) is 3.77. The van der Waals surface area contributed by atoms with E-state index < -0.39 is 36.6 Å². The lowest BCUT2D eigenvalue weighted by Crippen LogP contribution is -2.41. The van der Waals surface area contributed by atoms with Gasteiger partial charge in [-0.2, -0.15) is 11.3 Å². The smallest absolute Gasteiger partial charge is 0.399 e. The predicted molar refractivity (Wildman–Crippen MR) is 139 cm³/mol. The number of hydrogen-bond acceptors (Lipinski definition) is 9. The second-order valence-electron chi connectivity index (χ2n) is 11.1. The van der Waals surface area contributed by atoms with E-state index in [1.54, 1.807) is 25.6 Å². The fourth-order valence-corrected chi connectivity index (χ4v) is 5.00. The van der Waals surface area contributed by atoms with Crippen molar-refractivity contribution in [1.82, 2.24) is 0 Å². The van der Waals surface area contributed by atoms with E-state index >= 15 is 0 Å². The van der Waals surface area contributed by atoms with E-state index in [2.05, 4.69) is 55.4 Å². The first-order valence-corrected chi connectivity index (χ1v) is 13.1. The highest BCUT2D eigenvalue weighted by atomic mass is 32.1. The van der Waals surface area contributed by atoms with Crippen LogP contribution in [0.3, 0.4) is 0 Å². The zero-order valence-electron chi connectivity index (χ0n) is 23.1. The molecule has 2 fully saturated rings. The molecule has 0 N–H and O–H groups in total. The van der Waals surface area contributed by atoms with E-state index in [9.17, 15) is 0 Å². The van der Waals surface area contributed by atoms with Gasteiger partial charge in [-0.15, -0.1) is 0 Å². The Balaban J connectivity index is 2.02. The van der Waals surface area contributed by atoms with E-state index in [0.717, 1.165) is 20.7 Å². The molecule has 3 rings (SSSR count). The maximum absolute atomic E-state index is 6.44. The zero-order valence-corrected chi connectivity index (χ0v) is 23.9. The van der Waals surface area contributed by atoms with Crippen LogP contribution in [0.2, 0.25) is 0 Å². The number of methoxy groups -OCH3 is 2. The summed E-state index contributed by atoms with van der Waals surface area (Å²) in [6.07, 6.45) is 0. The van der Waals surface area contributed by atoms with Crippen molar-refractivity contribution in [2.45, 2.75) is 91.0 Å². The Bertz CT molecular complexity index is 756. The minimum Gasteiger partial charge on any atom is -0.399 e. The third-order valence-electron chi connectivity index (χ3n) is 7.47. The standard InChI is InChI=1S/C24H42B2O8S/c1-21(2)22(3,4)32-25(31-21)19-17(15-29-13-11-27-9)18(16-30-14-12-28-10)20(35-19)26-33-23(5,6)24(7,8)34-26/h11-16H2,1-10H3. The van der Waals surface area contributed by atoms with Gasteiger partial charge >= 0.3 is 14.2 Å². The molecule has 35 heavy (non-hydrogen) atoms. The maximum Gasteiger partial charge on any atom is 0.505 e. The van der Waals surface area contributed by atoms with Crippen LogP contribution < -0.4 is 9.55 Å². The number of hydrogen-bond donors (Lipinski definition) is 0. The van der Waals surface area contributed by atoms with Gasteiger partial charge in [-0.05, 0) is 66.5 Å². The maximum atomic E-state index is 6.44. The molecule has 1 aromatic rings. The number of ether oxygens (including phenoxy) is 4. The summed E-state index contributed by atoms with van der Waals surface area (Å²) in [6, 6.07) is 0. The quantitative estimate of drug-likeness (QED) is 0.313. The summed E-state index contributed by atoms with van der Waals surface area (Å²) in [7, 11) is 2.27. The van der Waals surface area contributed by atoms with E-state index in [0.29, 0.717) is 39.6 Å². The van der Waals surface area contributed by atoms with Crippen molar-refractivity contribution < 1.29 is 37.6 Å². The van der Waals surface area contributed by atoms with Crippen molar-refractivity contribution in [3.63, 3.8) is 0 Å². The SMILES string of the molecule is COCCOCc1c(B2OC(C)(C)C(C)(C)O2)sc(B2OC(C)(C)C(C)(C)O2)c1COCCOC. The largest absolute Gasteiger partial charge is 0.505 e. The molecule has 11 heteroatoms. The fraction of sp³-hybridized carbons (Fsp3) is 0.833. The second kappa shape index (κ2) is 11.1. The van der Waals surface area contributed by atoms with Crippen LogP contribution in [0.5, 0.6) is 0 Å². The van der Waals surface area contributed by atoms with E-state index in [1.165, 1.54) is 0 Å². The predicted octanol–water partition coefficient (Wildman–Crippen LogP) is 2.67. The molecule has 1 aromatic heterocycles. The molecule has 0 aliphatic carbocycles. The van der Waals surface area contributed by atoms with Crippen LogP contribution in [0.4, 0.5) is 0 Å². The Morgan fingerprint density at radius 1 is 0.571 bits per heavy atom. The van der Waals surface area contributed by atoms with Gasteiger partial charge in [-0.3, -0.25) is 0 Å². The van der Waals surface area contributed by atoms with Crippen LogP contribution in [0.25, 0.3) is 0 Å². The van der Waals surface area contributed by atoms with Crippen molar-refractivity contribution in [3.05, 3.63) is 11.1 Å². The van der Waals surface area contributed by atoms with E-state index in [4.69, 9.17) is 37.6 Å². The third kappa shape index (κ3) is 6.16. The summed E-state index contributed by atoms with van der Waals surface area (Å²) >= 11 is 1.59. The molecule has 2 saturated heterocycles.